The minimum Gasteiger partial charge on any atom is -0.506 e. The largest absolute Gasteiger partial charge is 0.506 e. The summed E-state index contributed by atoms with van der Waals surface area (Å²) in [4.78, 5) is 10.6. The summed E-state index contributed by atoms with van der Waals surface area (Å²) in [5.41, 5.74) is 0.198. The van der Waals surface area contributed by atoms with Gasteiger partial charge in [-0.05, 0) is 48.6 Å². The Morgan fingerprint density at radius 1 is 1.36 bits per heavy atom. The fourth-order valence-corrected chi connectivity index (χ4v) is 2.12. The number of phenols is 1. The van der Waals surface area contributed by atoms with E-state index in [1.165, 1.54) is 49.6 Å². The summed E-state index contributed by atoms with van der Waals surface area (Å²) < 4.78 is 53.8. The van der Waals surface area contributed by atoms with Crippen LogP contribution >= 0.6 is 0 Å². The summed E-state index contributed by atoms with van der Waals surface area (Å²) in [7, 11) is 1.43. The fourth-order valence-electron chi connectivity index (χ4n) is 2.12. The van der Waals surface area contributed by atoms with Gasteiger partial charge in [0.2, 0.25) is 6.41 Å². The van der Waals surface area contributed by atoms with Gasteiger partial charge in [0.15, 0.2) is 0 Å². The smallest absolute Gasteiger partial charge is 0.211 e. The molecule has 2 aromatic carbocycles. The fraction of sp³-hybridized carbons (Fsp3) is 0.316. The highest BCUT2D eigenvalue weighted by atomic mass is 16.5. The van der Waals surface area contributed by atoms with Crippen molar-refractivity contribution in [3.8, 4) is 11.5 Å². The zero-order chi connectivity index (χ0) is 23.4. The number of nitrogens with one attached hydrogen (secondary N) is 2. The second-order valence-corrected chi connectivity index (χ2v) is 5.16. The molecule has 0 aliphatic rings. The molecule has 6 heteroatoms. The van der Waals surface area contributed by atoms with Crippen molar-refractivity contribution in [1.82, 2.24) is 5.32 Å². The summed E-state index contributed by atoms with van der Waals surface area (Å²) >= 11 is 0. The molecule has 0 aliphatic carbocycles. The Kier molecular flexibility index (Phi) is 4.31. The van der Waals surface area contributed by atoms with E-state index in [2.05, 4.69) is 10.6 Å². The van der Waals surface area contributed by atoms with Gasteiger partial charge < -0.3 is 25.6 Å². The van der Waals surface area contributed by atoms with E-state index >= 15 is 0 Å². The molecule has 0 fully saturated rings. The Hall–Kier alpha value is -2.57. The molecule has 0 aliphatic heterocycles. The van der Waals surface area contributed by atoms with Crippen molar-refractivity contribution < 1.29 is 28.0 Å². The van der Waals surface area contributed by atoms with Crippen LogP contribution in [0.3, 0.4) is 0 Å². The van der Waals surface area contributed by atoms with Crippen molar-refractivity contribution in [2.45, 2.75) is 25.3 Å². The van der Waals surface area contributed by atoms with Crippen LogP contribution in [0.15, 0.2) is 42.5 Å². The van der Waals surface area contributed by atoms with E-state index in [1.807, 2.05) is 0 Å². The summed E-state index contributed by atoms with van der Waals surface area (Å²) in [6.07, 6.45) is -3.69. The van der Waals surface area contributed by atoms with Crippen molar-refractivity contribution in [2.24, 2.45) is 0 Å². The van der Waals surface area contributed by atoms with E-state index in [1.54, 1.807) is 0 Å². The van der Waals surface area contributed by atoms with Crippen molar-refractivity contribution >= 4 is 12.1 Å². The number of aliphatic hydroxyl groups is 1. The van der Waals surface area contributed by atoms with E-state index in [4.69, 9.17) is 13.0 Å². The van der Waals surface area contributed by atoms with Gasteiger partial charge in [0, 0.05) is 20.8 Å². The highest BCUT2D eigenvalue weighted by Gasteiger charge is 2.12. The summed E-state index contributed by atoms with van der Waals surface area (Å²) in [5, 5.41) is 24.8. The molecule has 2 atom stereocenters. The number of aliphatic hydroxyl groups excluding tert-OH is 1. The molecule has 1 amide bonds. The molecule has 0 heterocycles. The normalized spacial score (nSPS) is 19.0. The van der Waals surface area contributed by atoms with Crippen LogP contribution in [0.25, 0.3) is 0 Å². The molecule has 0 radical (unpaired) electrons. The van der Waals surface area contributed by atoms with Crippen molar-refractivity contribution in [1.29, 1.82) is 0 Å². The molecule has 2 unspecified atom stereocenters. The first-order chi connectivity index (χ1) is 14.4. The number of carbonyl (C=O) groups excluding carboxylic acids is 1. The van der Waals surface area contributed by atoms with Gasteiger partial charge in [-0.2, -0.15) is 0 Å². The molecule has 0 saturated heterocycles. The van der Waals surface area contributed by atoms with Crippen LogP contribution in [0, 0.1) is 0 Å². The van der Waals surface area contributed by atoms with Gasteiger partial charge in [0.05, 0.1) is 18.9 Å². The van der Waals surface area contributed by atoms with Gasteiger partial charge in [-0.15, -0.1) is 0 Å². The number of phenolic OH excluding ortho intramolecular Hbond substituents is 1. The molecule has 0 aromatic heterocycles. The summed E-state index contributed by atoms with van der Waals surface area (Å²) in [5.74, 6) is 0.212. The molecular formula is C19H24N2O4. The van der Waals surface area contributed by atoms with Gasteiger partial charge in [-0.25, -0.2) is 0 Å². The first kappa shape index (κ1) is 11.9. The molecule has 6 nitrogen and oxygen atoms in total. The zero-order valence-corrected chi connectivity index (χ0v) is 13.6. The molecule has 0 bridgehead atoms. The van der Waals surface area contributed by atoms with E-state index in [0.29, 0.717) is 12.2 Å². The number of methoxy groups -OCH3 is 1. The molecule has 2 aromatic rings. The molecule has 0 saturated carbocycles. The van der Waals surface area contributed by atoms with Crippen LogP contribution in [0.1, 0.15) is 32.3 Å². The maximum Gasteiger partial charge on any atom is 0.211 e. The van der Waals surface area contributed by atoms with Crippen LogP contribution in [0.5, 0.6) is 11.5 Å². The Morgan fingerprint density at radius 3 is 2.76 bits per heavy atom. The monoisotopic (exact) mass is 350 g/mol. The molecule has 4 N–H and O–H groups in total. The number of aromatic hydroxyl groups is 1. The third kappa shape index (κ3) is 5.48. The Balaban J connectivity index is 2.32. The van der Waals surface area contributed by atoms with Gasteiger partial charge in [0.1, 0.15) is 11.5 Å². The molecule has 25 heavy (non-hydrogen) atoms. The molecule has 134 valence electrons. The van der Waals surface area contributed by atoms with E-state index in [0.717, 1.165) is 0 Å². The second-order valence-electron chi connectivity index (χ2n) is 5.16. The number of amides is 1. The predicted molar refractivity (Wildman–Crippen MR) is 96.9 cm³/mol. The number of hydrogen-bond donors (Lipinski definition) is 4. The lowest BCUT2D eigenvalue weighted by molar-refractivity contribution is -0.105. The maximum atomic E-state index is 10.6. The van der Waals surface area contributed by atoms with E-state index in [-0.39, 0.29) is 22.6 Å². The zero-order valence-electron chi connectivity index (χ0n) is 19.6. The first-order valence-corrected chi connectivity index (χ1v) is 7.48. The first-order valence-electron chi connectivity index (χ1n) is 10.5. The Bertz CT molecular complexity index is 907. The number of anilines is 1. The SMILES string of the molecule is [2H]C([2H])([2H])C([2H])(NCC(O)c1ccc(O)c(NC=O)c1)C([2H])([2H])c1ccc(OC)cc1. The lowest BCUT2D eigenvalue weighted by Gasteiger charge is -2.18. The standard InChI is InChI=1S/C19H24N2O4/c1-13(9-14-3-6-16(25-2)7-4-14)20-11-19(24)15-5-8-18(23)17(10-15)21-12-22/h3-8,10,12-13,19-20,23-24H,9,11H2,1-2H3,(H,21,22)/i1D3,9D2,13D. The summed E-state index contributed by atoms with van der Waals surface area (Å²) in [6, 6.07) is 6.66. The van der Waals surface area contributed by atoms with Gasteiger partial charge in [0.25, 0.3) is 0 Å². The third-order valence-electron chi connectivity index (χ3n) is 3.45. The lowest BCUT2D eigenvalue weighted by atomic mass is 10.1. The minimum atomic E-state index is -3.10. The number of benzene rings is 2. The topological polar surface area (TPSA) is 90.8 Å². The van der Waals surface area contributed by atoms with Crippen LogP contribution in [-0.4, -0.2) is 36.3 Å². The second kappa shape index (κ2) is 9.05. The molecular weight excluding hydrogens is 320 g/mol. The highest BCUT2D eigenvalue weighted by Crippen LogP contribution is 2.26. The van der Waals surface area contributed by atoms with Crippen molar-refractivity contribution in [3.63, 3.8) is 0 Å². The molecule has 0 spiro atoms. The van der Waals surface area contributed by atoms with Crippen molar-refractivity contribution in [3.05, 3.63) is 53.6 Å². The number of hydrogen-bond acceptors (Lipinski definition) is 5. The Morgan fingerprint density at radius 2 is 2.12 bits per heavy atom. The Labute approximate surface area is 155 Å². The molecule has 2 rings (SSSR count). The third-order valence-corrected chi connectivity index (χ3v) is 3.45. The van der Waals surface area contributed by atoms with Gasteiger partial charge in [-0.3, -0.25) is 4.79 Å². The van der Waals surface area contributed by atoms with Crippen LogP contribution in [0.4, 0.5) is 5.69 Å². The average Bonchev–Trinajstić information content (AvgIpc) is 2.72. The maximum absolute atomic E-state index is 10.6. The van der Waals surface area contributed by atoms with Gasteiger partial charge in [-0.1, -0.05) is 18.2 Å². The van der Waals surface area contributed by atoms with Crippen LogP contribution in [-0.2, 0) is 11.2 Å². The average molecular weight is 350 g/mol. The number of carbonyl (C=O) groups is 1. The predicted octanol–water partition coefficient (Wildman–Crippen LogP) is 2.22. The number of ether oxygens (including phenoxy) is 1. The highest BCUT2D eigenvalue weighted by molar-refractivity contribution is 5.75. The quantitative estimate of drug-likeness (QED) is 0.411. The minimum absolute atomic E-state index is 0.0353. The number of rotatable bonds is 9. The lowest BCUT2D eigenvalue weighted by Crippen LogP contribution is -2.32. The van der Waals surface area contributed by atoms with Crippen LogP contribution < -0.4 is 15.4 Å². The van der Waals surface area contributed by atoms with E-state index < -0.39 is 31.9 Å². The summed E-state index contributed by atoms with van der Waals surface area (Å²) in [6.45, 7) is -3.59. The van der Waals surface area contributed by atoms with Crippen molar-refractivity contribution in [2.75, 3.05) is 19.0 Å². The van der Waals surface area contributed by atoms with Crippen LogP contribution in [0.2, 0.25) is 0 Å². The van der Waals surface area contributed by atoms with Gasteiger partial charge >= 0.3 is 0 Å². The van der Waals surface area contributed by atoms with E-state index in [9.17, 15) is 15.0 Å².